The monoisotopic (exact) mass is 359 g/mol. The van der Waals surface area contributed by atoms with Crippen LogP contribution in [0.2, 0.25) is 0 Å². The smallest absolute Gasteiger partial charge is 0.303 e. The molecule has 2 aromatic rings. The molecule has 7 heteroatoms. The van der Waals surface area contributed by atoms with Gasteiger partial charge in [0.25, 0.3) is 5.91 Å². The number of carboxylic acid groups (broad SMARTS) is 1. The summed E-state index contributed by atoms with van der Waals surface area (Å²) in [4.78, 5) is 25.7. The van der Waals surface area contributed by atoms with Crippen molar-refractivity contribution in [2.45, 2.75) is 45.1 Å². The summed E-state index contributed by atoms with van der Waals surface area (Å²) < 4.78 is 14.7. The van der Waals surface area contributed by atoms with Crippen LogP contribution < -0.4 is 0 Å². The van der Waals surface area contributed by atoms with Crippen LogP contribution in [0.25, 0.3) is 5.69 Å². The van der Waals surface area contributed by atoms with E-state index in [9.17, 15) is 14.0 Å². The van der Waals surface area contributed by atoms with Crippen molar-refractivity contribution in [1.82, 2.24) is 14.7 Å². The largest absolute Gasteiger partial charge is 0.481 e. The van der Waals surface area contributed by atoms with Crippen LogP contribution in [-0.2, 0) is 4.79 Å². The zero-order chi connectivity index (χ0) is 18.7. The third-order valence-corrected chi connectivity index (χ3v) is 4.89. The minimum absolute atomic E-state index is 0.0547. The normalized spacial score (nSPS) is 17.3. The van der Waals surface area contributed by atoms with Gasteiger partial charge in [0, 0.05) is 19.0 Å². The molecule has 1 aliphatic heterocycles. The molecule has 0 spiro atoms. The number of likely N-dealkylation sites (tertiary alicyclic amines) is 1. The highest BCUT2D eigenvalue weighted by atomic mass is 19.1. The van der Waals surface area contributed by atoms with Gasteiger partial charge in [-0.1, -0.05) is 0 Å². The lowest BCUT2D eigenvalue weighted by Gasteiger charge is -2.35. The highest BCUT2D eigenvalue weighted by molar-refractivity contribution is 5.95. The molecule has 0 bridgehead atoms. The predicted octanol–water partition coefficient (Wildman–Crippen LogP) is 3.18. The maximum atomic E-state index is 13.1. The number of piperidine rings is 1. The van der Waals surface area contributed by atoms with Gasteiger partial charge in [-0.3, -0.25) is 9.59 Å². The van der Waals surface area contributed by atoms with Gasteiger partial charge < -0.3 is 10.0 Å². The van der Waals surface area contributed by atoms with Gasteiger partial charge in [-0.05, 0) is 56.9 Å². The van der Waals surface area contributed by atoms with E-state index in [0.29, 0.717) is 29.9 Å². The first-order valence-corrected chi connectivity index (χ1v) is 8.80. The van der Waals surface area contributed by atoms with Crippen molar-refractivity contribution < 1.29 is 19.1 Å². The van der Waals surface area contributed by atoms with Crippen LogP contribution in [0.15, 0.2) is 30.5 Å². The average Bonchev–Trinajstić information content (AvgIpc) is 3.02. The van der Waals surface area contributed by atoms with Crippen molar-refractivity contribution in [2.75, 3.05) is 6.54 Å². The van der Waals surface area contributed by atoms with E-state index in [-0.39, 0.29) is 24.2 Å². The van der Waals surface area contributed by atoms with Crippen LogP contribution in [0.3, 0.4) is 0 Å². The SMILES string of the molecule is Cc1c(C(=O)N2CCCCC2CCC(=O)O)cnn1-c1ccc(F)cc1. The molecule has 1 unspecified atom stereocenters. The Morgan fingerprint density at radius 3 is 2.69 bits per heavy atom. The maximum Gasteiger partial charge on any atom is 0.303 e. The number of rotatable bonds is 5. The second kappa shape index (κ2) is 7.68. The van der Waals surface area contributed by atoms with E-state index < -0.39 is 5.97 Å². The van der Waals surface area contributed by atoms with Gasteiger partial charge in [0.2, 0.25) is 0 Å². The van der Waals surface area contributed by atoms with E-state index >= 15 is 0 Å². The molecule has 26 heavy (non-hydrogen) atoms. The molecule has 1 atom stereocenters. The fraction of sp³-hybridized carbons (Fsp3) is 0.421. The molecular formula is C19H22FN3O3. The Bertz CT molecular complexity index is 801. The summed E-state index contributed by atoms with van der Waals surface area (Å²) in [5.74, 6) is -1.29. The van der Waals surface area contributed by atoms with E-state index in [4.69, 9.17) is 5.11 Å². The molecule has 1 amide bonds. The standard InChI is InChI=1S/C19H22FN3O3/c1-13-17(12-21-23(13)16-7-5-14(20)6-8-16)19(26)22-11-3-2-4-15(22)9-10-18(24)25/h5-8,12,15H,2-4,9-11H2,1H3,(H,24,25). The molecule has 1 aromatic heterocycles. The van der Waals surface area contributed by atoms with Crippen molar-refractivity contribution in [2.24, 2.45) is 0 Å². The molecule has 0 saturated carbocycles. The number of carbonyl (C=O) groups is 2. The second-order valence-electron chi connectivity index (χ2n) is 6.61. The molecule has 0 aliphatic carbocycles. The number of carbonyl (C=O) groups excluding carboxylic acids is 1. The zero-order valence-corrected chi connectivity index (χ0v) is 14.7. The quantitative estimate of drug-likeness (QED) is 0.890. The minimum Gasteiger partial charge on any atom is -0.481 e. The third kappa shape index (κ3) is 3.76. The summed E-state index contributed by atoms with van der Waals surface area (Å²) in [6, 6.07) is 5.87. The number of hydrogen-bond donors (Lipinski definition) is 1. The van der Waals surface area contributed by atoms with Crippen molar-refractivity contribution in [3.05, 3.63) is 47.5 Å². The van der Waals surface area contributed by atoms with E-state index in [0.717, 1.165) is 19.3 Å². The van der Waals surface area contributed by atoms with Crippen LogP contribution in [-0.4, -0.2) is 44.3 Å². The summed E-state index contributed by atoms with van der Waals surface area (Å²) >= 11 is 0. The van der Waals surface area contributed by atoms with E-state index in [2.05, 4.69) is 5.10 Å². The number of nitrogens with zero attached hydrogens (tertiary/aromatic N) is 3. The number of benzene rings is 1. The Kier molecular flexibility index (Phi) is 5.35. The first-order chi connectivity index (χ1) is 12.5. The van der Waals surface area contributed by atoms with Crippen LogP contribution in [0.1, 0.15) is 48.2 Å². The number of amides is 1. The molecule has 6 nitrogen and oxygen atoms in total. The molecular weight excluding hydrogens is 337 g/mol. The zero-order valence-electron chi connectivity index (χ0n) is 14.7. The lowest BCUT2D eigenvalue weighted by molar-refractivity contribution is -0.137. The molecule has 3 rings (SSSR count). The Balaban J connectivity index is 1.82. The Labute approximate surface area is 151 Å². The van der Waals surface area contributed by atoms with Crippen LogP contribution in [0.4, 0.5) is 4.39 Å². The first kappa shape index (κ1) is 18.1. The van der Waals surface area contributed by atoms with Gasteiger partial charge in [-0.2, -0.15) is 5.10 Å². The Hall–Kier alpha value is -2.70. The summed E-state index contributed by atoms with van der Waals surface area (Å²) in [6.45, 7) is 2.43. The fourth-order valence-electron chi connectivity index (χ4n) is 3.48. The van der Waals surface area contributed by atoms with Crippen molar-refractivity contribution in [3.8, 4) is 5.69 Å². The lowest BCUT2D eigenvalue weighted by Crippen LogP contribution is -2.44. The second-order valence-corrected chi connectivity index (χ2v) is 6.61. The molecule has 1 saturated heterocycles. The summed E-state index contributed by atoms with van der Waals surface area (Å²) in [5, 5.41) is 13.2. The number of halogens is 1. The van der Waals surface area contributed by atoms with Gasteiger partial charge in [-0.15, -0.1) is 0 Å². The van der Waals surface area contributed by atoms with E-state index in [1.54, 1.807) is 28.6 Å². The Morgan fingerprint density at radius 1 is 1.27 bits per heavy atom. The maximum absolute atomic E-state index is 13.1. The summed E-state index contributed by atoms with van der Waals surface area (Å²) in [5.41, 5.74) is 1.87. The first-order valence-electron chi connectivity index (χ1n) is 8.80. The molecule has 2 heterocycles. The van der Waals surface area contributed by atoms with E-state index in [1.807, 2.05) is 0 Å². The predicted molar refractivity (Wildman–Crippen MR) is 93.8 cm³/mol. The average molecular weight is 359 g/mol. The molecule has 1 fully saturated rings. The van der Waals surface area contributed by atoms with Gasteiger partial charge in [0.05, 0.1) is 23.1 Å². The van der Waals surface area contributed by atoms with Gasteiger partial charge >= 0.3 is 5.97 Å². The number of aromatic nitrogens is 2. The van der Waals surface area contributed by atoms with Crippen LogP contribution >= 0.6 is 0 Å². The van der Waals surface area contributed by atoms with Crippen molar-refractivity contribution >= 4 is 11.9 Å². The molecule has 1 aromatic carbocycles. The Morgan fingerprint density at radius 2 is 2.00 bits per heavy atom. The fourth-order valence-corrected chi connectivity index (χ4v) is 3.48. The molecule has 1 N–H and O–H groups in total. The highest BCUT2D eigenvalue weighted by Crippen LogP contribution is 2.25. The molecule has 138 valence electrons. The number of aliphatic carboxylic acids is 1. The van der Waals surface area contributed by atoms with Gasteiger partial charge in [0.15, 0.2) is 0 Å². The topological polar surface area (TPSA) is 75.4 Å². The number of carboxylic acids is 1. The minimum atomic E-state index is -0.844. The molecule has 1 aliphatic rings. The highest BCUT2D eigenvalue weighted by Gasteiger charge is 2.29. The van der Waals surface area contributed by atoms with Gasteiger partial charge in [0.1, 0.15) is 5.82 Å². The van der Waals surface area contributed by atoms with Gasteiger partial charge in [-0.25, -0.2) is 9.07 Å². The van der Waals surface area contributed by atoms with Crippen LogP contribution in [0.5, 0.6) is 0 Å². The summed E-state index contributed by atoms with van der Waals surface area (Å²) in [6.07, 6.45) is 4.80. The third-order valence-electron chi connectivity index (χ3n) is 4.89. The van der Waals surface area contributed by atoms with Crippen molar-refractivity contribution in [3.63, 3.8) is 0 Å². The number of hydrogen-bond acceptors (Lipinski definition) is 3. The van der Waals surface area contributed by atoms with E-state index in [1.165, 1.54) is 18.3 Å². The summed E-state index contributed by atoms with van der Waals surface area (Å²) in [7, 11) is 0. The van der Waals surface area contributed by atoms with Crippen LogP contribution in [0, 0.1) is 12.7 Å². The van der Waals surface area contributed by atoms with Crippen molar-refractivity contribution in [1.29, 1.82) is 0 Å². The lowest BCUT2D eigenvalue weighted by atomic mass is 9.97. The molecule has 0 radical (unpaired) electrons.